The van der Waals surface area contributed by atoms with Gasteiger partial charge in [0, 0.05) is 64.0 Å². The molecular weight excluding hydrogens is 489 g/mol. The van der Waals surface area contributed by atoms with Crippen molar-refractivity contribution in [3.63, 3.8) is 0 Å². The van der Waals surface area contributed by atoms with Gasteiger partial charge in [0.2, 0.25) is 0 Å². The first-order valence-electron chi connectivity index (χ1n) is 13.1. The van der Waals surface area contributed by atoms with Gasteiger partial charge in [0.25, 0.3) is 0 Å². The Bertz CT molecular complexity index is 1290. The molecule has 1 fully saturated rings. The van der Waals surface area contributed by atoms with Crippen LogP contribution in [0, 0.1) is 0 Å². The van der Waals surface area contributed by atoms with Gasteiger partial charge in [-0.25, -0.2) is 0 Å². The Morgan fingerprint density at radius 1 is 1.03 bits per heavy atom. The highest BCUT2D eigenvalue weighted by molar-refractivity contribution is 5.97. The highest BCUT2D eigenvalue weighted by atomic mass is 19.4. The maximum atomic E-state index is 13.7. The van der Waals surface area contributed by atoms with Gasteiger partial charge >= 0.3 is 6.18 Å². The van der Waals surface area contributed by atoms with Crippen molar-refractivity contribution in [2.24, 2.45) is 0 Å². The summed E-state index contributed by atoms with van der Waals surface area (Å²) in [6.45, 7) is 7.51. The highest BCUT2D eigenvalue weighted by Gasteiger charge is 2.32. The van der Waals surface area contributed by atoms with Crippen molar-refractivity contribution < 1.29 is 18.0 Å². The Hall–Kier alpha value is -3.23. The molecule has 2 aromatic carbocycles. The first kappa shape index (κ1) is 26.4. The molecule has 0 spiro atoms. The average Bonchev–Trinajstić information content (AvgIpc) is 2.89. The van der Waals surface area contributed by atoms with E-state index < -0.39 is 11.7 Å². The average molecular weight is 523 g/mol. The van der Waals surface area contributed by atoms with Crippen LogP contribution in [0.15, 0.2) is 60.9 Å². The second kappa shape index (κ2) is 10.9. The van der Waals surface area contributed by atoms with Crippen LogP contribution in [0.2, 0.25) is 0 Å². The van der Waals surface area contributed by atoms with Gasteiger partial charge in [-0.05, 0) is 65.6 Å². The molecule has 0 saturated carbocycles. The summed E-state index contributed by atoms with van der Waals surface area (Å²) in [6, 6.07) is 13.8. The summed E-state index contributed by atoms with van der Waals surface area (Å²) in [5, 5.41) is 0. The lowest BCUT2D eigenvalue weighted by Gasteiger charge is -2.34. The monoisotopic (exact) mass is 522 g/mol. The topological polar surface area (TPSA) is 39.7 Å². The van der Waals surface area contributed by atoms with E-state index in [-0.39, 0.29) is 18.1 Å². The largest absolute Gasteiger partial charge is 0.416 e. The molecule has 1 aromatic heterocycles. The minimum absolute atomic E-state index is 0.0691. The Morgan fingerprint density at radius 3 is 2.50 bits per heavy atom. The number of nitrogens with zero attached hydrogens (tertiary/aromatic N) is 4. The van der Waals surface area contributed by atoms with E-state index >= 15 is 0 Å². The Morgan fingerprint density at radius 2 is 1.79 bits per heavy atom. The molecule has 5 rings (SSSR count). The van der Waals surface area contributed by atoms with Crippen molar-refractivity contribution in [1.29, 1.82) is 0 Å². The van der Waals surface area contributed by atoms with Gasteiger partial charge in [0.1, 0.15) is 0 Å². The minimum atomic E-state index is -4.46. The molecular formula is C30H33F3N4O. The predicted molar refractivity (Wildman–Crippen MR) is 142 cm³/mol. The van der Waals surface area contributed by atoms with Crippen molar-refractivity contribution in [2.45, 2.75) is 38.5 Å². The van der Waals surface area contributed by atoms with Gasteiger partial charge < -0.3 is 9.80 Å². The van der Waals surface area contributed by atoms with E-state index in [1.54, 1.807) is 12.3 Å². The van der Waals surface area contributed by atoms with Gasteiger partial charge in [-0.1, -0.05) is 25.1 Å². The zero-order valence-corrected chi connectivity index (χ0v) is 21.8. The van der Waals surface area contributed by atoms with Crippen LogP contribution < -0.4 is 4.90 Å². The fourth-order valence-electron chi connectivity index (χ4n) is 5.50. The van der Waals surface area contributed by atoms with E-state index in [9.17, 15) is 18.0 Å². The van der Waals surface area contributed by atoms with Crippen LogP contribution in [0.3, 0.4) is 0 Å². The number of ketones is 1. The smallest absolute Gasteiger partial charge is 0.365 e. The lowest BCUT2D eigenvalue weighted by molar-refractivity contribution is -0.137. The first-order valence-corrected chi connectivity index (χ1v) is 13.1. The number of aromatic nitrogens is 1. The number of Topliss-reactive ketones (excluding diaryl/α,β-unsaturated/α-hetero) is 1. The van der Waals surface area contributed by atoms with E-state index in [4.69, 9.17) is 0 Å². The summed E-state index contributed by atoms with van der Waals surface area (Å²) >= 11 is 0. The quantitative estimate of drug-likeness (QED) is 0.406. The van der Waals surface area contributed by atoms with Crippen molar-refractivity contribution in [3.8, 4) is 0 Å². The molecule has 2 aliphatic rings. The lowest BCUT2D eigenvalue weighted by Crippen LogP contribution is -2.43. The molecule has 1 unspecified atom stereocenters. The molecule has 3 heterocycles. The number of alkyl halides is 3. The van der Waals surface area contributed by atoms with Crippen LogP contribution in [0.1, 0.15) is 51.0 Å². The third kappa shape index (κ3) is 6.08. The van der Waals surface area contributed by atoms with Crippen LogP contribution in [0.25, 0.3) is 0 Å². The van der Waals surface area contributed by atoms with Crippen LogP contribution in [0.4, 0.5) is 18.9 Å². The number of rotatable bonds is 6. The number of anilines is 1. The number of carbonyl (C=O) groups excluding carboxylic acids is 1. The molecule has 8 heteroatoms. The number of benzene rings is 2. The van der Waals surface area contributed by atoms with Crippen molar-refractivity contribution in [2.75, 3.05) is 44.7 Å². The second-order valence-electron chi connectivity index (χ2n) is 10.6. The minimum Gasteiger partial charge on any atom is -0.365 e. The molecule has 0 aliphatic carbocycles. The second-order valence-corrected chi connectivity index (χ2v) is 10.6. The SMILES string of the molecule is CC1CN(c2cccnc2)Cc2cc(C(=O)Cc3cc(CN4CCN(C)CC4)cc(C(F)(F)F)c3)ccc21. The molecule has 2 aliphatic heterocycles. The summed E-state index contributed by atoms with van der Waals surface area (Å²) < 4.78 is 41.2. The predicted octanol–water partition coefficient (Wildman–Crippen LogP) is 5.40. The molecule has 5 nitrogen and oxygen atoms in total. The lowest BCUT2D eigenvalue weighted by atomic mass is 9.88. The number of carbonyl (C=O) groups is 1. The molecule has 0 N–H and O–H groups in total. The summed E-state index contributed by atoms with van der Waals surface area (Å²) in [6.07, 6.45) is -0.958. The molecule has 38 heavy (non-hydrogen) atoms. The Balaban J connectivity index is 1.36. The summed E-state index contributed by atoms with van der Waals surface area (Å²) in [5.41, 5.74) is 4.13. The molecule has 1 atom stereocenters. The number of hydrogen-bond acceptors (Lipinski definition) is 5. The van der Waals surface area contributed by atoms with Crippen molar-refractivity contribution >= 4 is 11.5 Å². The molecule has 0 amide bonds. The van der Waals surface area contributed by atoms with Crippen LogP contribution in [-0.4, -0.2) is 60.3 Å². The fraction of sp³-hybridized carbons (Fsp3) is 0.400. The standard InChI is InChI=1S/C30H33F3N4O/c1-21-18-37(27-4-3-7-34-17-27)20-25-16-24(5-6-28(21)25)29(38)15-22-12-23(14-26(13-22)30(31,32)33)19-36-10-8-35(2)9-11-36/h3-7,12-14,16-17,21H,8-11,15,18-20H2,1-2H3. The van der Waals surface area contributed by atoms with E-state index in [1.165, 1.54) is 11.6 Å². The number of pyridine rings is 1. The normalized spacial score (nSPS) is 18.9. The van der Waals surface area contributed by atoms with Gasteiger partial charge in [-0.3, -0.25) is 14.7 Å². The number of hydrogen-bond donors (Lipinski definition) is 0. The summed E-state index contributed by atoms with van der Waals surface area (Å²) in [4.78, 5) is 24.2. The third-order valence-corrected chi connectivity index (χ3v) is 7.61. The van der Waals surface area contributed by atoms with Gasteiger partial charge in [0.15, 0.2) is 5.78 Å². The van der Waals surface area contributed by atoms with Gasteiger partial charge in [-0.15, -0.1) is 0 Å². The molecule has 0 radical (unpaired) electrons. The van der Waals surface area contributed by atoms with Gasteiger partial charge in [-0.2, -0.15) is 13.2 Å². The number of halogens is 3. The van der Waals surface area contributed by atoms with Gasteiger partial charge in [0.05, 0.1) is 17.4 Å². The zero-order chi connectivity index (χ0) is 26.9. The van der Waals surface area contributed by atoms with Crippen LogP contribution >= 0.6 is 0 Å². The summed E-state index contributed by atoms with van der Waals surface area (Å²) in [7, 11) is 2.04. The highest BCUT2D eigenvalue weighted by Crippen LogP contribution is 2.33. The van der Waals surface area contributed by atoms with Crippen LogP contribution in [-0.2, 0) is 25.7 Å². The third-order valence-electron chi connectivity index (χ3n) is 7.61. The first-order chi connectivity index (χ1) is 18.2. The van der Waals surface area contributed by atoms with E-state index in [2.05, 4.69) is 26.6 Å². The number of fused-ring (bicyclic) bond motifs is 1. The Labute approximate surface area is 221 Å². The molecule has 1 saturated heterocycles. The zero-order valence-electron chi connectivity index (χ0n) is 21.8. The molecule has 3 aromatic rings. The maximum absolute atomic E-state index is 13.7. The van der Waals surface area contributed by atoms with E-state index in [0.717, 1.165) is 50.0 Å². The Kier molecular flexibility index (Phi) is 7.54. The van der Waals surface area contributed by atoms with Crippen molar-refractivity contribution in [1.82, 2.24) is 14.8 Å². The number of piperazine rings is 1. The van der Waals surface area contributed by atoms with E-state index in [1.807, 2.05) is 43.6 Å². The molecule has 200 valence electrons. The summed E-state index contributed by atoms with van der Waals surface area (Å²) in [5.74, 6) is 0.104. The molecule has 0 bridgehead atoms. The number of likely N-dealkylation sites (N-methyl/N-ethyl adjacent to an activating group) is 1. The van der Waals surface area contributed by atoms with Crippen LogP contribution in [0.5, 0.6) is 0 Å². The van der Waals surface area contributed by atoms with E-state index in [0.29, 0.717) is 29.8 Å². The fourth-order valence-corrected chi connectivity index (χ4v) is 5.50. The van der Waals surface area contributed by atoms with Crippen molar-refractivity contribution in [3.05, 3.63) is 94.3 Å². The maximum Gasteiger partial charge on any atom is 0.416 e.